The molecule has 0 aromatic heterocycles. The van der Waals surface area contributed by atoms with Gasteiger partial charge in [-0.05, 0) is 51.1 Å². The van der Waals surface area contributed by atoms with E-state index in [1.807, 2.05) is 4.90 Å². The van der Waals surface area contributed by atoms with Crippen molar-refractivity contribution in [1.29, 1.82) is 0 Å². The number of amides is 1. The molecule has 1 saturated heterocycles. The van der Waals surface area contributed by atoms with Gasteiger partial charge in [-0.2, -0.15) is 0 Å². The van der Waals surface area contributed by atoms with E-state index in [-0.39, 0.29) is 0 Å². The van der Waals surface area contributed by atoms with Gasteiger partial charge in [0.05, 0.1) is 0 Å². The van der Waals surface area contributed by atoms with Crippen molar-refractivity contribution < 1.29 is 4.79 Å². The minimum Gasteiger partial charge on any atom is -0.343 e. The molecule has 0 radical (unpaired) electrons. The largest absolute Gasteiger partial charge is 0.343 e. The third-order valence-electron chi connectivity index (χ3n) is 3.56. The fourth-order valence-corrected chi connectivity index (χ4v) is 2.56. The first-order valence-corrected chi connectivity index (χ1v) is 7.26. The molecule has 0 spiro atoms. The quantitative estimate of drug-likeness (QED) is 0.741. The van der Waals surface area contributed by atoms with E-state index < -0.39 is 0 Å². The summed E-state index contributed by atoms with van der Waals surface area (Å²) in [7, 11) is 0. The lowest BCUT2D eigenvalue weighted by Gasteiger charge is -2.25. The summed E-state index contributed by atoms with van der Waals surface area (Å²) in [6.07, 6.45) is 6.47. The van der Waals surface area contributed by atoms with Crippen LogP contribution in [-0.2, 0) is 4.79 Å². The van der Waals surface area contributed by atoms with Crippen molar-refractivity contribution in [2.75, 3.05) is 26.2 Å². The highest BCUT2D eigenvalue weighted by Crippen LogP contribution is 2.18. The van der Waals surface area contributed by atoms with Crippen molar-refractivity contribution in [3.63, 3.8) is 0 Å². The molecule has 1 N–H and O–H groups in total. The Hall–Kier alpha value is -0.570. The lowest BCUT2D eigenvalue weighted by atomic mass is 9.93. The molecule has 0 saturated carbocycles. The van der Waals surface area contributed by atoms with Crippen molar-refractivity contribution in [2.24, 2.45) is 5.92 Å². The maximum absolute atomic E-state index is 12.1. The molecule has 1 amide bonds. The summed E-state index contributed by atoms with van der Waals surface area (Å²) in [6.45, 7) is 8.41. The first-order valence-electron chi connectivity index (χ1n) is 7.26. The van der Waals surface area contributed by atoms with E-state index in [0.717, 1.165) is 57.8 Å². The SMILES string of the molecule is CCCN(CCC)C(=O)CCC1CCNCC1. The second kappa shape index (κ2) is 8.51. The predicted octanol–water partition coefficient (Wildman–Crippen LogP) is 2.41. The summed E-state index contributed by atoms with van der Waals surface area (Å²) in [6, 6.07) is 0. The molecule has 0 unspecified atom stereocenters. The lowest BCUT2D eigenvalue weighted by molar-refractivity contribution is -0.131. The van der Waals surface area contributed by atoms with E-state index in [2.05, 4.69) is 19.2 Å². The molecule has 3 heteroatoms. The van der Waals surface area contributed by atoms with Crippen LogP contribution in [0.1, 0.15) is 52.4 Å². The number of carbonyl (C=O) groups is 1. The van der Waals surface area contributed by atoms with Crippen LogP contribution in [0.15, 0.2) is 0 Å². The molecular weight excluding hydrogens is 212 g/mol. The Morgan fingerprint density at radius 2 is 1.76 bits per heavy atom. The van der Waals surface area contributed by atoms with Gasteiger partial charge in [0, 0.05) is 19.5 Å². The highest BCUT2D eigenvalue weighted by molar-refractivity contribution is 5.76. The van der Waals surface area contributed by atoms with Crippen LogP contribution in [0.2, 0.25) is 0 Å². The number of hydrogen-bond donors (Lipinski definition) is 1. The van der Waals surface area contributed by atoms with Gasteiger partial charge in [-0.1, -0.05) is 13.8 Å². The van der Waals surface area contributed by atoms with Gasteiger partial charge in [0.1, 0.15) is 0 Å². The monoisotopic (exact) mass is 240 g/mol. The molecule has 0 bridgehead atoms. The zero-order valence-corrected chi connectivity index (χ0v) is 11.5. The van der Waals surface area contributed by atoms with Crippen LogP contribution in [0.4, 0.5) is 0 Å². The van der Waals surface area contributed by atoms with Crippen LogP contribution >= 0.6 is 0 Å². The summed E-state index contributed by atoms with van der Waals surface area (Å²) in [5, 5.41) is 3.37. The molecule has 1 heterocycles. The summed E-state index contributed by atoms with van der Waals surface area (Å²) >= 11 is 0. The number of nitrogens with one attached hydrogen (secondary N) is 1. The Bertz CT molecular complexity index is 206. The molecule has 3 nitrogen and oxygen atoms in total. The Kier molecular flexibility index (Phi) is 7.25. The van der Waals surface area contributed by atoms with E-state index in [4.69, 9.17) is 0 Å². The van der Waals surface area contributed by atoms with Crippen LogP contribution < -0.4 is 5.32 Å². The second-order valence-electron chi connectivity index (χ2n) is 5.11. The van der Waals surface area contributed by atoms with E-state index in [1.54, 1.807) is 0 Å². The normalized spacial score (nSPS) is 17.1. The summed E-state index contributed by atoms with van der Waals surface area (Å²) in [5.74, 6) is 1.14. The summed E-state index contributed by atoms with van der Waals surface area (Å²) in [4.78, 5) is 14.1. The van der Waals surface area contributed by atoms with Gasteiger partial charge >= 0.3 is 0 Å². The average Bonchev–Trinajstić information content (AvgIpc) is 2.37. The highest BCUT2D eigenvalue weighted by Gasteiger charge is 2.17. The van der Waals surface area contributed by atoms with Crippen molar-refractivity contribution in [2.45, 2.75) is 52.4 Å². The molecule has 0 aromatic carbocycles. The molecule has 100 valence electrons. The molecule has 1 aliphatic rings. The van der Waals surface area contributed by atoms with Gasteiger partial charge in [0.25, 0.3) is 0 Å². The minimum absolute atomic E-state index is 0.368. The van der Waals surface area contributed by atoms with E-state index >= 15 is 0 Å². The van der Waals surface area contributed by atoms with Crippen molar-refractivity contribution in [3.05, 3.63) is 0 Å². The molecular formula is C14H28N2O. The highest BCUT2D eigenvalue weighted by atomic mass is 16.2. The van der Waals surface area contributed by atoms with E-state index in [0.29, 0.717) is 5.91 Å². The van der Waals surface area contributed by atoms with E-state index in [1.165, 1.54) is 12.8 Å². The number of hydrogen-bond acceptors (Lipinski definition) is 2. The Morgan fingerprint density at radius 3 is 2.29 bits per heavy atom. The van der Waals surface area contributed by atoms with Crippen LogP contribution in [0.25, 0.3) is 0 Å². The number of nitrogens with zero attached hydrogens (tertiary/aromatic N) is 1. The van der Waals surface area contributed by atoms with Gasteiger partial charge < -0.3 is 10.2 Å². The molecule has 17 heavy (non-hydrogen) atoms. The fraction of sp³-hybridized carbons (Fsp3) is 0.929. The number of piperidine rings is 1. The van der Waals surface area contributed by atoms with Crippen molar-refractivity contribution >= 4 is 5.91 Å². The zero-order chi connectivity index (χ0) is 12.5. The van der Waals surface area contributed by atoms with Crippen LogP contribution in [0, 0.1) is 5.92 Å². The van der Waals surface area contributed by atoms with Crippen LogP contribution in [0.3, 0.4) is 0 Å². The molecule has 0 aliphatic carbocycles. The third kappa shape index (κ3) is 5.53. The lowest BCUT2D eigenvalue weighted by Crippen LogP contribution is -2.33. The second-order valence-corrected chi connectivity index (χ2v) is 5.11. The van der Waals surface area contributed by atoms with Gasteiger partial charge in [-0.3, -0.25) is 4.79 Å². The topological polar surface area (TPSA) is 32.3 Å². The Balaban J connectivity index is 2.25. The Morgan fingerprint density at radius 1 is 1.18 bits per heavy atom. The summed E-state index contributed by atoms with van der Waals surface area (Å²) in [5.41, 5.74) is 0. The third-order valence-corrected chi connectivity index (χ3v) is 3.56. The van der Waals surface area contributed by atoms with Gasteiger partial charge in [-0.15, -0.1) is 0 Å². The maximum atomic E-state index is 12.1. The molecule has 1 fully saturated rings. The average molecular weight is 240 g/mol. The minimum atomic E-state index is 0.368. The molecule has 0 atom stereocenters. The smallest absolute Gasteiger partial charge is 0.222 e. The van der Waals surface area contributed by atoms with Crippen molar-refractivity contribution in [3.8, 4) is 0 Å². The fourth-order valence-electron chi connectivity index (χ4n) is 2.56. The van der Waals surface area contributed by atoms with Crippen LogP contribution in [0.5, 0.6) is 0 Å². The summed E-state index contributed by atoms with van der Waals surface area (Å²) < 4.78 is 0. The van der Waals surface area contributed by atoms with Gasteiger partial charge in [0.2, 0.25) is 5.91 Å². The standard InChI is InChI=1S/C14H28N2O/c1-3-11-16(12-4-2)14(17)6-5-13-7-9-15-10-8-13/h13,15H,3-12H2,1-2H3. The molecule has 1 aliphatic heterocycles. The van der Waals surface area contributed by atoms with Gasteiger partial charge in [-0.25, -0.2) is 0 Å². The molecule has 0 aromatic rings. The zero-order valence-electron chi connectivity index (χ0n) is 11.5. The first kappa shape index (κ1) is 14.5. The number of rotatable bonds is 7. The maximum Gasteiger partial charge on any atom is 0.222 e. The predicted molar refractivity (Wildman–Crippen MR) is 72.0 cm³/mol. The van der Waals surface area contributed by atoms with E-state index in [9.17, 15) is 4.79 Å². The van der Waals surface area contributed by atoms with Crippen LogP contribution in [-0.4, -0.2) is 37.0 Å². The van der Waals surface area contributed by atoms with Crippen molar-refractivity contribution in [1.82, 2.24) is 10.2 Å². The molecule has 1 rings (SSSR count). The van der Waals surface area contributed by atoms with Gasteiger partial charge in [0.15, 0.2) is 0 Å². The first-order chi connectivity index (χ1) is 8.27. The number of carbonyl (C=O) groups excluding carboxylic acids is 1. The Labute approximate surface area is 106 Å².